The van der Waals surface area contributed by atoms with Crippen LogP contribution in [0.3, 0.4) is 0 Å². The number of cyclic esters (lactones) is 1. The molecule has 2 N–H and O–H groups in total. The van der Waals surface area contributed by atoms with E-state index >= 15 is 0 Å². The number of aromatic nitrogens is 1. The van der Waals surface area contributed by atoms with Crippen molar-refractivity contribution in [1.82, 2.24) is 15.2 Å². The zero-order valence-corrected chi connectivity index (χ0v) is 19.1. The number of alkyl halides is 1. The van der Waals surface area contributed by atoms with Gasteiger partial charge in [0.2, 0.25) is 5.91 Å². The van der Waals surface area contributed by atoms with Crippen LogP contribution in [-0.2, 0) is 20.7 Å². The van der Waals surface area contributed by atoms with E-state index in [-0.39, 0.29) is 43.5 Å². The van der Waals surface area contributed by atoms with E-state index in [0.29, 0.717) is 31.4 Å². The summed E-state index contributed by atoms with van der Waals surface area (Å²) in [5.74, 6) is -1.25. The highest BCUT2D eigenvalue weighted by Crippen LogP contribution is 2.22. The molecule has 0 saturated carbocycles. The van der Waals surface area contributed by atoms with Gasteiger partial charge in [-0.1, -0.05) is 29.9 Å². The molecule has 2 aliphatic heterocycles. The zero-order valence-electron chi connectivity index (χ0n) is 19.1. The first-order chi connectivity index (χ1) is 16.3. The first kappa shape index (κ1) is 25.4. The number of hydrogen-bond acceptors (Lipinski definition) is 7. The van der Waals surface area contributed by atoms with Gasteiger partial charge in [-0.15, -0.1) is 0 Å². The zero-order chi connectivity index (χ0) is 24.5. The van der Waals surface area contributed by atoms with E-state index in [1.165, 1.54) is 17.1 Å². The van der Waals surface area contributed by atoms with Crippen LogP contribution in [0.4, 0.5) is 4.39 Å². The van der Waals surface area contributed by atoms with Crippen molar-refractivity contribution in [2.75, 3.05) is 19.7 Å². The predicted molar refractivity (Wildman–Crippen MR) is 120 cm³/mol. The molecule has 2 aliphatic rings. The number of amides is 2. The van der Waals surface area contributed by atoms with Crippen molar-refractivity contribution in [3.63, 3.8) is 0 Å². The Kier molecular flexibility index (Phi) is 9.15. The van der Waals surface area contributed by atoms with Gasteiger partial charge in [-0.2, -0.15) is 0 Å². The summed E-state index contributed by atoms with van der Waals surface area (Å²) in [4.78, 5) is 42.7. The number of nitrogens with one attached hydrogen (secondary N) is 1. The Hall–Kier alpha value is -3.27. The van der Waals surface area contributed by atoms with Crippen molar-refractivity contribution in [2.24, 2.45) is 0 Å². The third-order valence-corrected chi connectivity index (χ3v) is 5.48. The van der Waals surface area contributed by atoms with Gasteiger partial charge in [-0.25, -0.2) is 14.2 Å². The van der Waals surface area contributed by atoms with Crippen LogP contribution < -0.4 is 5.32 Å². The van der Waals surface area contributed by atoms with E-state index in [4.69, 9.17) is 9.15 Å². The molecule has 1 aromatic rings. The Labute approximate surface area is 197 Å². The number of fused-ring (bicyclic) bond motifs is 3. The molecular formula is C24H30FN3O6. The van der Waals surface area contributed by atoms with Crippen molar-refractivity contribution >= 4 is 17.8 Å². The van der Waals surface area contributed by atoms with Gasteiger partial charge in [-0.3, -0.25) is 9.59 Å². The summed E-state index contributed by atoms with van der Waals surface area (Å²) in [6.07, 6.45) is 7.71. The van der Waals surface area contributed by atoms with Crippen LogP contribution in [0, 0.1) is 0 Å². The number of nitrogens with zero attached hydrogens (tertiary/aromatic N) is 2. The Morgan fingerprint density at radius 1 is 1.24 bits per heavy atom. The van der Waals surface area contributed by atoms with Gasteiger partial charge < -0.3 is 24.5 Å². The van der Waals surface area contributed by atoms with Gasteiger partial charge in [0.1, 0.15) is 18.5 Å². The van der Waals surface area contributed by atoms with Gasteiger partial charge in [-0.05, 0) is 25.8 Å². The van der Waals surface area contributed by atoms with Crippen LogP contribution in [0.2, 0.25) is 0 Å². The molecule has 184 valence electrons. The van der Waals surface area contributed by atoms with Gasteiger partial charge in [0.05, 0.1) is 19.1 Å². The molecule has 1 saturated heterocycles. The van der Waals surface area contributed by atoms with E-state index < -0.39 is 30.2 Å². The Morgan fingerprint density at radius 3 is 2.88 bits per heavy atom. The summed E-state index contributed by atoms with van der Waals surface area (Å²) >= 11 is 0. The maximum absolute atomic E-state index is 14.5. The van der Waals surface area contributed by atoms with E-state index in [1.54, 1.807) is 25.2 Å². The fourth-order valence-electron chi connectivity index (χ4n) is 3.84. The number of hydrogen-bond donors (Lipinski definition) is 2. The quantitative estimate of drug-likeness (QED) is 0.551. The number of carbonyl (C=O) groups is 3. The van der Waals surface area contributed by atoms with Crippen molar-refractivity contribution in [2.45, 2.75) is 57.3 Å². The predicted octanol–water partition coefficient (Wildman–Crippen LogP) is 2.03. The van der Waals surface area contributed by atoms with E-state index in [0.717, 1.165) is 6.26 Å². The molecule has 3 unspecified atom stereocenters. The van der Waals surface area contributed by atoms with Gasteiger partial charge >= 0.3 is 5.97 Å². The number of aliphatic hydroxyl groups excluding tert-OH is 1. The maximum atomic E-state index is 14.5. The lowest BCUT2D eigenvalue weighted by Crippen LogP contribution is -2.41. The maximum Gasteiger partial charge on any atom is 0.328 e. The Bertz CT molecular complexity index is 970. The molecule has 34 heavy (non-hydrogen) atoms. The molecule has 0 spiro atoms. The summed E-state index contributed by atoms with van der Waals surface area (Å²) in [5.41, 5.74) is 0.713. The number of esters is 1. The summed E-state index contributed by atoms with van der Waals surface area (Å²) in [5, 5.41) is 12.8. The second-order valence-corrected chi connectivity index (χ2v) is 8.30. The molecule has 9 nitrogen and oxygen atoms in total. The van der Waals surface area contributed by atoms with Crippen molar-refractivity contribution < 1.29 is 33.0 Å². The average molecular weight is 476 g/mol. The minimum absolute atomic E-state index is 0.00402. The molecule has 3 heterocycles. The SMILES string of the molecule is CC1=CC(O)CC(F)Cc2nc(co2)C(=O)N2CCCC2C(=O)OCC/C=C/C(=O)NCC=C1. The van der Waals surface area contributed by atoms with Gasteiger partial charge in [0.15, 0.2) is 11.6 Å². The molecule has 0 radical (unpaired) electrons. The minimum Gasteiger partial charge on any atom is -0.464 e. The van der Waals surface area contributed by atoms with E-state index in [1.807, 2.05) is 0 Å². The molecule has 3 rings (SSSR count). The Balaban J connectivity index is 1.73. The molecule has 2 amide bonds. The van der Waals surface area contributed by atoms with Crippen molar-refractivity contribution in [1.29, 1.82) is 0 Å². The molecule has 1 aromatic heterocycles. The van der Waals surface area contributed by atoms with Crippen LogP contribution in [0.25, 0.3) is 0 Å². The molecule has 10 heteroatoms. The third kappa shape index (κ3) is 7.38. The second kappa shape index (κ2) is 12.3. The van der Waals surface area contributed by atoms with Crippen LogP contribution in [0.1, 0.15) is 49.0 Å². The largest absolute Gasteiger partial charge is 0.464 e. The second-order valence-electron chi connectivity index (χ2n) is 8.30. The standard InChI is InChI=1S/C24H30FN3O6/c1-16-6-4-9-26-21(30)8-2-3-11-33-24(32)20-7-5-10-28(20)23(31)19-15-34-22(27-19)14-17(25)13-18(29)12-16/h2,4,6,8,12,15,17-18,20,29H,3,5,7,9-11,13-14H2,1H3,(H,26,30)/b6-4?,8-2+,16-12?. The summed E-state index contributed by atoms with van der Waals surface area (Å²) in [6.45, 7) is 2.50. The summed E-state index contributed by atoms with van der Waals surface area (Å²) in [6, 6.07) is -0.729. The number of aliphatic hydroxyl groups is 1. The lowest BCUT2D eigenvalue weighted by atomic mass is 10.1. The van der Waals surface area contributed by atoms with E-state index in [9.17, 15) is 23.9 Å². The molecule has 1 fully saturated rings. The van der Waals surface area contributed by atoms with Crippen LogP contribution >= 0.6 is 0 Å². The fraction of sp³-hybridized carbons (Fsp3) is 0.500. The number of allylic oxidation sites excluding steroid dienone is 2. The van der Waals surface area contributed by atoms with Crippen LogP contribution in [0.15, 0.2) is 46.6 Å². The van der Waals surface area contributed by atoms with Crippen LogP contribution in [0.5, 0.6) is 0 Å². The summed E-state index contributed by atoms with van der Waals surface area (Å²) in [7, 11) is 0. The molecule has 3 atom stereocenters. The fourth-order valence-corrected chi connectivity index (χ4v) is 3.84. The number of halogens is 1. The smallest absolute Gasteiger partial charge is 0.328 e. The highest BCUT2D eigenvalue weighted by atomic mass is 19.1. The van der Waals surface area contributed by atoms with E-state index in [2.05, 4.69) is 10.3 Å². The van der Waals surface area contributed by atoms with Gasteiger partial charge in [0, 0.05) is 25.9 Å². The summed E-state index contributed by atoms with van der Waals surface area (Å²) < 4.78 is 25.0. The minimum atomic E-state index is -1.44. The lowest BCUT2D eigenvalue weighted by Gasteiger charge is -2.22. The van der Waals surface area contributed by atoms with Crippen molar-refractivity contribution in [3.8, 4) is 0 Å². The first-order valence-electron chi connectivity index (χ1n) is 11.4. The topological polar surface area (TPSA) is 122 Å². The molecule has 0 aliphatic carbocycles. The van der Waals surface area contributed by atoms with Crippen molar-refractivity contribution in [3.05, 3.63) is 53.8 Å². The lowest BCUT2D eigenvalue weighted by molar-refractivity contribution is -0.148. The monoisotopic (exact) mass is 475 g/mol. The number of ether oxygens (including phenoxy) is 1. The average Bonchev–Trinajstić information content (AvgIpc) is 3.45. The number of rotatable bonds is 0. The number of oxazole rings is 1. The first-order valence-corrected chi connectivity index (χ1v) is 11.4. The molecule has 0 aromatic carbocycles. The number of carbonyl (C=O) groups excluding carboxylic acids is 3. The third-order valence-electron chi connectivity index (χ3n) is 5.48. The van der Waals surface area contributed by atoms with Gasteiger partial charge in [0.25, 0.3) is 5.91 Å². The molecule has 2 bridgehead atoms. The Morgan fingerprint density at radius 2 is 2.06 bits per heavy atom. The highest BCUT2D eigenvalue weighted by Gasteiger charge is 2.36. The van der Waals surface area contributed by atoms with Crippen LogP contribution in [-0.4, -0.2) is 70.8 Å². The normalized spacial score (nSPS) is 26.9. The highest BCUT2D eigenvalue weighted by molar-refractivity contribution is 5.95. The molecular weight excluding hydrogens is 445 g/mol.